The minimum atomic E-state index is -0.217. The van der Waals surface area contributed by atoms with Crippen molar-refractivity contribution < 1.29 is 4.39 Å². The molecule has 0 saturated heterocycles. The summed E-state index contributed by atoms with van der Waals surface area (Å²) in [5, 5.41) is 3.40. The maximum Gasteiger partial charge on any atom is 0.146 e. The molecular weight excluding hydrogens is 251 g/mol. The lowest BCUT2D eigenvalue weighted by molar-refractivity contribution is 0.421. The second kappa shape index (κ2) is 5.71. The Morgan fingerprint density at radius 1 is 1.35 bits per heavy atom. The molecule has 2 unspecified atom stereocenters. The van der Waals surface area contributed by atoms with Gasteiger partial charge in [-0.3, -0.25) is 4.98 Å². The molecule has 20 heavy (non-hydrogen) atoms. The Kier molecular flexibility index (Phi) is 3.79. The number of rotatable bonds is 5. The van der Waals surface area contributed by atoms with Crippen molar-refractivity contribution in [2.45, 2.75) is 31.7 Å². The number of nitrogens with zero attached hydrogens (tertiary/aromatic N) is 1. The van der Waals surface area contributed by atoms with Gasteiger partial charge in [0.25, 0.3) is 0 Å². The Labute approximate surface area is 119 Å². The van der Waals surface area contributed by atoms with E-state index in [0.29, 0.717) is 5.92 Å². The van der Waals surface area contributed by atoms with Gasteiger partial charge in [-0.1, -0.05) is 31.2 Å². The molecule has 1 aliphatic carbocycles. The highest BCUT2D eigenvalue weighted by Crippen LogP contribution is 2.40. The lowest BCUT2D eigenvalue weighted by Crippen LogP contribution is -2.27. The lowest BCUT2D eigenvalue weighted by atomic mass is 9.74. The number of pyridine rings is 1. The van der Waals surface area contributed by atoms with Gasteiger partial charge < -0.3 is 5.32 Å². The average molecular weight is 270 g/mol. The molecule has 1 N–H and O–H groups in total. The first-order valence-electron chi connectivity index (χ1n) is 7.20. The first kappa shape index (κ1) is 13.3. The fourth-order valence-electron chi connectivity index (χ4n) is 3.09. The standard InChI is InChI=1S/C17H19FN2/c1-2-20-17(15-7-8-19-11-16(15)18)10-13-9-12-5-3-4-6-14(12)13/h3-8,11,13,17,20H,2,9-10H2,1H3. The minimum absolute atomic E-state index is 0.0568. The molecule has 0 fully saturated rings. The van der Waals surface area contributed by atoms with Crippen molar-refractivity contribution in [3.05, 3.63) is 65.2 Å². The third-order valence-electron chi connectivity index (χ3n) is 4.11. The van der Waals surface area contributed by atoms with Crippen LogP contribution in [0, 0.1) is 5.82 Å². The second-order valence-electron chi connectivity index (χ2n) is 5.34. The van der Waals surface area contributed by atoms with Gasteiger partial charge in [0.2, 0.25) is 0 Å². The first-order chi connectivity index (χ1) is 9.79. The zero-order valence-corrected chi connectivity index (χ0v) is 11.6. The summed E-state index contributed by atoms with van der Waals surface area (Å²) in [4.78, 5) is 3.83. The Hall–Kier alpha value is -1.74. The van der Waals surface area contributed by atoms with E-state index in [1.54, 1.807) is 12.3 Å². The van der Waals surface area contributed by atoms with E-state index in [9.17, 15) is 4.39 Å². The number of halogens is 1. The van der Waals surface area contributed by atoms with E-state index in [0.717, 1.165) is 24.9 Å². The largest absolute Gasteiger partial charge is 0.310 e. The van der Waals surface area contributed by atoms with Crippen molar-refractivity contribution in [2.75, 3.05) is 6.54 Å². The van der Waals surface area contributed by atoms with E-state index in [4.69, 9.17) is 0 Å². The number of benzene rings is 1. The molecule has 1 heterocycles. The SMILES string of the molecule is CCNC(CC1Cc2ccccc21)c1ccncc1F. The van der Waals surface area contributed by atoms with Gasteiger partial charge in [0, 0.05) is 17.8 Å². The Balaban J connectivity index is 1.78. The third-order valence-corrected chi connectivity index (χ3v) is 4.11. The quantitative estimate of drug-likeness (QED) is 0.898. The topological polar surface area (TPSA) is 24.9 Å². The summed E-state index contributed by atoms with van der Waals surface area (Å²) in [5.41, 5.74) is 3.58. The normalized spacial score (nSPS) is 18.2. The Morgan fingerprint density at radius 3 is 2.95 bits per heavy atom. The summed E-state index contributed by atoms with van der Waals surface area (Å²) in [7, 11) is 0. The van der Waals surface area contributed by atoms with E-state index in [2.05, 4.69) is 41.5 Å². The van der Waals surface area contributed by atoms with Crippen LogP contribution in [0.4, 0.5) is 4.39 Å². The Morgan fingerprint density at radius 2 is 2.20 bits per heavy atom. The smallest absolute Gasteiger partial charge is 0.146 e. The minimum Gasteiger partial charge on any atom is -0.310 e. The molecule has 1 aliphatic rings. The predicted octanol–water partition coefficient (Wildman–Crippen LogP) is 3.60. The van der Waals surface area contributed by atoms with Gasteiger partial charge in [-0.05, 0) is 42.5 Å². The number of aromatic nitrogens is 1. The molecule has 2 aromatic rings. The third kappa shape index (κ3) is 2.46. The maximum absolute atomic E-state index is 13.9. The molecule has 104 valence electrons. The van der Waals surface area contributed by atoms with Crippen LogP contribution in [-0.2, 0) is 6.42 Å². The van der Waals surface area contributed by atoms with Gasteiger partial charge >= 0.3 is 0 Å². The van der Waals surface area contributed by atoms with Crippen molar-refractivity contribution >= 4 is 0 Å². The van der Waals surface area contributed by atoms with Crippen LogP contribution < -0.4 is 5.32 Å². The van der Waals surface area contributed by atoms with Gasteiger partial charge in [0.1, 0.15) is 5.82 Å². The fourth-order valence-corrected chi connectivity index (χ4v) is 3.09. The van der Waals surface area contributed by atoms with Gasteiger partial charge in [0.05, 0.1) is 6.20 Å². The van der Waals surface area contributed by atoms with E-state index in [1.165, 1.54) is 17.3 Å². The van der Waals surface area contributed by atoms with Crippen molar-refractivity contribution in [3.63, 3.8) is 0 Å². The highest BCUT2D eigenvalue weighted by Gasteiger charge is 2.29. The van der Waals surface area contributed by atoms with E-state index in [1.807, 2.05) is 0 Å². The molecule has 2 atom stereocenters. The maximum atomic E-state index is 13.9. The molecule has 0 amide bonds. The zero-order valence-electron chi connectivity index (χ0n) is 11.6. The highest BCUT2D eigenvalue weighted by molar-refractivity contribution is 5.40. The molecule has 0 bridgehead atoms. The van der Waals surface area contributed by atoms with Gasteiger partial charge in [-0.15, -0.1) is 0 Å². The lowest BCUT2D eigenvalue weighted by Gasteiger charge is -2.33. The predicted molar refractivity (Wildman–Crippen MR) is 78.1 cm³/mol. The van der Waals surface area contributed by atoms with Crippen LogP contribution in [0.1, 0.15) is 42.0 Å². The Bertz CT molecular complexity index is 597. The van der Waals surface area contributed by atoms with E-state index in [-0.39, 0.29) is 11.9 Å². The molecule has 1 aromatic carbocycles. The summed E-state index contributed by atoms with van der Waals surface area (Å²) in [6, 6.07) is 10.4. The molecular formula is C17H19FN2. The molecule has 1 aromatic heterocycles. The van der Waals surface area contributed by atoms with Crippen LogP contribution in [0.15, 0.2) is 42.7 Å². The van der Waals surface area contributed by atoms with Crippen LogP contribution in [0.3, 0.4) is 0 Å². The van der Waals surface area contributed by atoms with Gasteiger partial charge in [-0.2, -0.15) is 0 Å². The van der Waals surface area contributed by atoms with E-state index < -0.39 is 0 Å². The first-order valence-corrected chi connectivity index (χ1v) is 7.20. The molecule has 0 radical (unpaired) electrons. The van der Waals surface area contributed by atoms with E-state index >= 15 is 0 Å². The van der Waals surface area contributed by atoms with Crippen molar-refractivity contribution in [1.82, 2.24) is 10.3 Å². The van der Waals surface area contributed by atoms with Crippen LogP contribution in [-0.4, -0.2) is 11.5 Å². The van der Waals surface area contributed by atoms with Crippen LogP contribution >= 0.6 is 0 Å². The van der Waals surface area contributed by atoms with Crippen LogP contribution in [0.5, 0.6) is 0 Å². The molecule has 0 aliphatic heterocycles. The fraction of sp³-hybridized carbons (Fsp3) is 0.353. The zero-order chi connectivity index (χ0) is 13.9. The number of fused-ring (bicyclic) bond motifs is 1. The summed E-state index contributed by atoms with van der Waals surface area (Å²) < 4.78 is 13.9. The molecule has 3 rings (SSSR count). The molecule has 0 saturated carbocycles. The van der Waals surface area contributed by atoms with Gasteiger partial charge in [0.15, 0.2) is 0 Å². The second-order valence-corrected chi connectivity index (χ2v) is 5.34. The highest BCUT2D eigenvalue weighted by atomic mass is 19.1. The van der Waals surface area contributed by atoms with Crippen molar-refractivity contribution in [2.24, 2.45) is 0 Å². The number of hydrogen-bond donors (Lipinski definition) is 1. The summed E-state index contributed by atoms with van der Waals surface area (Å²) in [5.74, 6) is 0.314. The number of nitrogens with one attached hydrogen (secondary N) is 1. The molecule has 3 heteroatoms. The summed E-state index contributed by atoms with van der Waals surface area (Å²) in [6.45, 7) is 2.89. The van der Waals surface area contributed by atoms with Crippen LogP contribution in [0.2, 0.25) is 0 Å². The van der Waals surface area contributed by atoms with Gasteiger partial charge in [-0.25, -0.2) is 4.39 Å². The summed E-state index contributed by atoms with van der Waals surface area (Å²) in [6.07, 6.45) is 5.00. The van der Waals surface area contributed by atoms with Crippen molar-refractivity contribution in [1.29, 1.82) is 0 Å². The van der Waals surface area contributed by atoms with Crippen LogP contribution in [0.25, 0.3) is 0 Å². The molecule has 0 spiro atoms. The number of hydrogen-bond acceptors (Lipinski definition) is 2. The summed E-state index contributed by atoms with van der Waals surface area (Å²) >= 11 is 0. The monoisotopic (exact) mass is 270 g/mol. The average Bonchev–Trinajstić information content (AvgIpc) is 2.44. The van der Waals surface area contributed by atoms with Crippen molar-refractivity contribution in [3.8, 4) is 0 Å². The molecule has 2 nitrogen and oxygen atoms in total.